The van der Waals surface area contributed by atoms with Crippen LogP contribution in [0.5, 0.6) is 0 Å². The number of hydrogen-bond donors (Lipinski definition) is 1. The molecule has 1 N–H and O–H groups in total. The Balaban J connectivity index is 1.54. The topological polar surface area (TPSA) is 99.9 Å². The van der Waals surface area contributed by atoms with E-state index >= 15 is 0 Å². The van der Waals surface area contributed by atoms with Crippen molar-refractivity contribution in [3.63, 3.8) is 0 Å². The van der Waals surface area contributed by atoms with Gasteiger partial charge in [-0.25, -0.2) is 8.42 Å². The molecule has 0 atom stereocenters. The van der Waals surface area contributed by atoms with Crippen LogP contribution in [0, 0.1) is 6.92 Å². The number of carbonyl (C=O) groups is 2. The molecule has 10 heteroatoms. The van der Waals surface area contributed by atoms with Crippen LogP contribution in [0.4, 0.5) is 0 Å². The molecule has 0 radical (unpaired) electrons. The lowest BCUT2D eigenvalue weighted by molar-refractivity contribution is -0.131. The van der Waals surface area contributed by atoms with E-state index < -0.39 is 10.0 Å². The Morgan fingerprint density at radius 2 is 1.89 bits per heavy atom. The Labute approximate surface area is 171 Å². The van der Waals surface area contributed by atoms with Gasteiger partial charge in [0.05, 0.1) is 23.3 Å². The summed E-state index contributed by atoms with van der Waals surface area (Å²) in [5.41, 5.74) is 0.387. The summed E-state index contributed by atoms with van der Waals surface area (Å²) in [4.78, 5) is 26.2. The molecule has 2 aromatic rings. The monoisotopic (exact) mass is 469 g/mol. The van der Waals surface area contributed by atoms with Crippen molar-refractivity contribution in [1.82, 2.24) is 14.5 Å². The Kier molecular flexibility index (Phi) is 6.21. The molecule has 0 unspecified atom stereocenters. The Morgan fingerprint density at radius 3 is 2.50 bits per heavy atom. The highest BCUT2D eigenvalue weighted by Crippen LogP contribution is 2.21. The van der Waals surface area contributed by atoms with Gasteiger partial charge in [0.25, 0.3) is 5.91 Å². The normalized spacial score (nSPS) is 15.4. The Morgan fingerprint density at radius 1 is 1.18 bits per heavy atom. The van der Waals surface area contributed by atoms with E-state index in [0.717, 1.165) is 0 Å². The molecule has 2 amide bonds. The molecular weight excluding hydrogens is 450 g/mol. The van der Waals surface area contributed by atoms with Gasteiger partial charge in [0.1, 0.15) is 5.76 Å². The van der Waals surface area contributed by atoms with Crippen LogP contribution in [0.3, 0.4) is 0 Å². The van der Waals surface area contributed by atoms with Crippen molar-refractivity contribution in [3.8, 4) is 0 Å². The van der Waals surface area contributed by atoms with Crippen molar-refractivity contribution in [1.29, 1.82) is 0 Å². The number of aryl methyl sites for hydroxylation is 1. The summed E-state index contributed by atoms with van der Waals surface area (Å²) >= 11 is 3.28. The smallest absolute Gasteiger partial charge is 0.255 e. The molecule has 1 saturated heterocycles. The average Bonchev–Trinajstić information content (AvgIpc) is 3.12. The predicted molar refractivity (Wildman–Crippen MR) is 105 cm³/mol. The maximum Gasteiger partial charge on any atom is 0.255 e. The second kappa shape index (κ2) is 8.46. The fraction of sp³-hybridized carbons (Fsp3) is 0.333. The second-order valence-electron chi connectivity index (χ2n) is 6.32. The summed E-state index contributed by atoms with van der Waals surface area (Å²) in [6.45, 7) is 2.47. The summed E-state index contributed by atoms with van der Waals surface area (Å²) in [5.74, 6) is -0.152. The summed E-state index contributed by atoms with van der Waals surface area (Å²) < 4.78 is 32.6. The van der Waals surface area contributed by atoms with Gasteiger partial charge in [-0.2, -0.15) is 4.31 Å². The second-order valence-corrected chi connectivity index (χ2v) is 9.17. The maximum absolute atomic E-state index is 12.7. The largest absolute Gasteiger partial charge is 0.469 e. The maximum atomic E-state index is 12.7. The number of amides is 2. The van der Waals surface area contributed by atoms with Crippen LogP contribution < -0.4 is 5.32 Å². The molecule has 0 spiro atoms. The molecule has 28 heavy (non-hydrogen) atoms. The van der Waals surface area contributed by atoms with Crippen molar-refractivity contribution < 1.29 is 22.4 Å². The highest BCUT2D eigenvalue weighted by atomic mass is 79.9. The van der Waals surface area contributed by atoms with Gasteiger partial charge in [0, 0.05) is 30.7 Å². The number of benzene rings is 1. The molecule has 2 heterocycles. The van der Waals surface area contributed by atoms with E-state index in [4.69, 9.17) is 4.42 Å². The van der Waals surface area contributed by atoms with Crippen LogP contribution in [0.2, 0.25) is 0 Å². The lowest BCUT2D eigenvalue weighted by Crippen LogP contribution is -2.52. The highest BCUT2D eigenvalue weighted by molar-refractivity contribution is 9.10. The van der Waals surface area contributed by atoms with Gasteiger partial charge in [-0.3, -0.25) is 9.59 Å². The van der Waals surface area contributed by atoms with Crippen LogP contribution in [0.1, 0.15) is 16.1 Å². The van der Waals surface area contributed by atoms with Gasteiger partial charge in [-0.05, 0) is 31.2 Å². The van der Waals surface area contributed by atoms with Gasteiger partial charge in [0.2, 0.25) is 15.9 Å². The lowest BCUT2D eigenvalue weighted by atomic mass is 10.2. The number of sulfonamides is 1. The van der Waals surface area contributed by atoms with Gasteiger partial charge in [-0.15, -0.1) is 0 Å². The zero-order valence-electron chi connectivity index (χ0n) is 15.2. The van der Waals surface area contributed by atoms with Crippen molar-refractivity contribution in [2.45, 2.75) is 11.8 Å². The molecule has 1 aliphatic rings. The van der Waals surface area contributed by atoms with Gasteiger partial charge >= 0.3 is 0 Å². The first-order chi connectivity index (χ1) is 13.3. The number of nitrogens with one attached hydrogen (secondary N) is 1. The number of carbonyl (C=O) groups excluding carboxylic acids is 2. The molecule has 1 aromatic heterocycles. The minimum absolute atomic E-state index is 0.151. The van der Waals surface area contributed by atoms with E-state index in [2.05, 4.69) is 21.2 Å². The van der Waals surface area contributed by atoms with Crippen LogP contribution in [0.25, 0.3) is 0 Å². The van der Waals surface area contributed by atoms with E-state index in [1.54, 1.807) is 42.2 Å². The Bertz CT molecular complexity index is 981. The minimum atomic E-state index is -3.61. The third-order valence-corrected chi connectivity index (χ3v) is 6.92. The van der Waals surface area contributed by atoms with E-state index in [9.17, 15) is 18.0 Å². The highest BCUT2D eigenvalue weighted by Gasteiger charge is 2.30. The fourth-order valence-corrected chi connectivity index (χ4v) is 4.96. The van der Waals surface area contributed by atoms with Crippen molar-refractivity contribution in [3.05, 3.63) is 52.4 Å². The molecule has 3 rings (SSSR count). The molecule has 1 aromatic carbocycles. The zero-order chi connectivity index (χ0) is 20.3. The van der Waals surface area contributed by atoms with Gasteiger partial charge < -0.3 is 14.6 Å². The van der Waals surface area contributed by atoms with E-state index in [1.165, 1.54) is 10.6 Å². The molecule has 1 fully saturated rings. The molecule has 0 aliphatic carbocycles. The SMILES string of the molecule is Cc1occc1C(=O)NCC(=O)N1CCN(S(=O)(=O)c2cccc(Br)c2)CC1. The summed E-state index contributed by atoms with van der Waals surface area (Å²) in [6, 6.07) is 8.07. The third-order valence-electron chi connectivity index (χ3n) is 4.53. The van der Waals surface area contributed by atoms with Crippen molar-refractivity contribution >= 4 is 37.8 Å². The van der Waals surface area contributed by atoms with Crippen LogP contribution in [0.15, 0.2) is 50.4 Å². The van der Waals surface area contributed by atoms with Crippen LogP contribution in [-0.4, -0.2) is 62.2 Å². The molecule has 1 aliphatic heterocycles. The number of nitrogens with zero attached hydrogens (tertiary/aromatic N) is 2. The molecule has 0 saturated carbocycles. The zero-order valence-corrected chi connectivity index (χ0v) is 17.6. The van der Waals surface area contributed by atoms with E-state index in [-0.39, 0.29) is 49.4 Å². The predicted octanol–water partition coefficient (Wildman–Crippen LogP) is 1.61. The van der Waals surface area contributed by atoms with Crippen LogP contribution >= 0.6 is 15.9 Å². The number of piperazine rings is 1. The number of hydrogen-bond acceptors (Lipinski definition) is 5. The average molecular weight is 470 g/mol. The first-order valence-corrected chi connectivity index (χ1v) is 10.9. The van der Waals surface area contributed by atoms with Crippen LogP contribution in [-0.2, 0) is 14.8 Å². The number of rotatable bonds is 5. The fourth-order valence-electron chi connectivity index (χ4n) is 2.94. The molecule has 0 bridgehead atoms. The summed E-state index contributed by atoms with van der Waals surface area (Å²) in [5, 5.41) is 2.57. The third kappa shape index (κ3) is 4.45. The Hall–Kier alpha value is -2.17. The quantitative estimate of drug-likeness (QED) is 0.716. The first kappa shape index (κ1) is 20.6. The van der Waals surface area contributed by atoms with Crippen molar-refractivity contribution in [2.24, 2.45) is 0 Å². The molecular formula is C18H20BrN3O5S. The lowest BCUT2D eigenvalue weighted by Gasteiger charge is -2.34. The van der Waals surface area contributed by atoms with E-state index in [1.807, 2.05) is 0 Å². The first-order valence-electron chi connectivity index (χ1n) is 8.65. The number of halogens is 1. The summed E-state index contributed by atoms with van der Waals surface area (Å²) in [6.07, 6.45) is 1.41. The molecule has 8 nitrogen and oxygen atoms in total. The van der Waals surface area contributed by atoms with Gasteiger partial charge in [-0.1, -0.05) is 22.0 Å². The van der Waals surface area contributed by atoms with E-state index in [0.29, 0.717) is 15.8 Å². The standard InChI is InChI=1S/C18H20BrN3O5S/c1-13-16(5-10-27-13)18(24)20-12-17(23)21-6-8-22(9-7-21)28(25,26)15-4-2-3-14(19)11-15/h2-5,10-11H,6-9,12H2,1H3,(H,20,24). The summed E-state index contributed by atoms with van der Waals surface area (Å²) in [7, 11) is -3.61. The number of furan rings is 1. The van der Waals surface area contributed by atoms with Gasteiger partial charge in [0.15, 0.2) is 0 Å². The molecule has 150 valence electrons. The minimum Gasteiger partial charge on any atom is -0.469 e. The van der Waals surface area contributed by atoms with Crippen molar-refractivity contribution in [2.75, 3.05) is 32.7 Å².